The zero-order chi connectivity index (χ0) is 11.7. The maximum Gasteiger partial charge on any atom is 0.325 e. The summed E-state index contributed by atoms with van der Waals surface area (Å²) < 4.78 is 5.29. The lowest BCUT2D eigenvalue weighted by molar-refractivity contribution is -0.0229. The monoisotopic (exact) mass is 228 g/mol. The molecule has 1 aromatic rings. The standard InChI is InChI=1S/C9H12N2O5/c12-3-7-5(13)1-6(16-7)4-2-10-9(15)11-8(4)14/h2,5-7,12-13H,1,3H2,(H2,10,11,14,15)/t5?,6-,7-/m1/s1. The van der Waals surface area contributed by atoms with Crippen LogP contribution in [-0.4, -0.2) is 39.0 Å². The van der Waals surface area contributed by atoms with Crippen LogP contribution in [0.25, 0.3) is 0 Å². The second kappa shape index (κ2) is 4.20. The molecule has 0 aliphatic carbocycles. The van der Waals surface area contributed by atoms with E-state index in [1.165, 1.54) is 6.20 Å². The molecule has 16 heavy (non-hydrogen) atoms. The molecule has 0 aromatic carbocycles. The molecule has 0 saturated carbocycles. The largest absolute Gasteiger partial charge is 0.394 e. The van der Waals surface area contributed by atoms with Gasteiger partial charge in [0.25, 0.3) is 5.56 Å². The van der Waals surface area contributed by atoms with Crippen molar-refractivity contribution in [2.45, 2.75) is 24.7 Å². The fourth-order valence-electron chi connectivity index (χ4n) is 1.75. The molecule has 0 amide bonds. The summed E-state index contributed by atoms with van der Waals surface area (Å²) in [5, 5.41) is 18.4. The topological polar surface area (TPSA) is 115 Å². The number of nitrogens with one attached hydrogen (secondary N) is 2. The normalized spacial score (nSPS) is 29.5. The molecule has 0 spiro atoms. The van der Waals surface area contributed by atoms with Crippen LogP contribution in [0.3, 0.4) is 0 Å². The van der Waals surface area contributed by atoms with E-state index in [-0.39, 0.29) is 18.6 Å². The lowest BCUT2D eigenvalue weighted by Crippen LogP contribution is -2.26. The number of H-pyrrole nitrogens is 2. The van der Waals surface area contributed by atoms with Crippen molar-refractivity contribution in [1.82, 2.24) is 9.97 Å². The van der Waals surface area contributed by atoms with Crippen molar-refractivity contribution in [3.8, 4) is 0 Å². The smallest absolute Gasteiger partial charge is 0.325 e. The molecule has 1 saturated heterocycles. The maximum absolute atomic E-state index is 11.4. The predicted molar refractivity (Wildman–Crippen MR) is 53.0 cm³/mol. The van der Waals surface area contributed by atoms with E-state index in [1.54, 1.807) is 0 Å². The van der Waals surface area contributed by atoms with E-state index in [2.05, 4.69) is 9.97 Å². The molecule has 4 N–H and O–H groups in total. The first-order valence-electron chi connectivity index (χ1n) is 4.88. The van der Waals surface area contributed by atoms with Crippen molar-refractivity contribution in [3.05, 3.63) is 32.6 Å². The van der Waals surface area contributed by atoms with Gasteiger partial charge in [0.2, 0.25) is 0 Å². The van der Waals surface area contributed by atoms with Gasteiger partial charge in [0.05, 0.1) is 24.4 Å². The molecule has 3 atom stereocenters. The zero-order valence-electron chi connectivity index (χ0n) is 8.34. The third-order valence-electron chi connectivity index (χ3n) is 2.60. The van der Waals surface area contributed by atoms with Gasteiger partial charge in [-0.3, -0.25) is 9.78 Å². The van der Waals surface area contributed by atoms with Gasteiger partial charge >= 0.3 is 5.69 Å². The quantitative estimate of drug-likeness (QED) is 0.479. The van der Waals surface area contributed by atoms with E-state index in [4.69, 9.17) is 9.84 Å². The van der Waals surface area contributed by atoms with E-state index in [9.17, 15) is 14.7 Å². The van der Waals surface area contributed by atoms with Crippen molar-refractivity contribution < 1.29 is 14.9 Å². The van der Waals surface area contributed by atoms with Crippen molar-refractivity contribution >= 4 is 0 Å². The van der Waals surface area contributed by atoms with Gasteiger partial charge in [-0.05, 0) is 0 Å². The maximum atomic E-state index is 11.4. The average molecular weight is 228 g/mol. The number of aromatic nitrogens is 2. The number of aliphatic hydroxyl groups excluding tert-OH is 2. The van der Waals surface area contributed by atoms with E-state index in [0.29, 0.717) is 0 Å². The minimum Gasteiger partial charge on any atom is -0.394 e. The molecule has 0 radical (unpaired) electrons. The Bertz CT molecular complexity index is 479. The van der Waals surface area contributed by atoms with Gasteiger partial charge in [-0.25, -0.2) is 4.79 Å². The molecule has 2 rings (SSSR count). The van der Waals surface area contributed by atoms with Gasteiger partial charge in [0.1, 0.15) is 6.10 Å². The summed E-state index contributed by atoms with van der Waals surface area (Å²) in [4.78, 5) is 26.6. The zero-order valence-corrected chi connectivity index (χ0v) is 8.34. The molecule has 2 heterocycles. The van der Waals surface area contributed by atoms with Crippen molar-refractivity contribution in [1.29, 1.82) is 0 Å². The molecule has 1 unspecified atom stereocenters. The first-order chi connectivity index (χ1) is 7.61. The minimum atomic E-state index is -0.804. The summed E-state index contributed by atoms with van der Waals surface area (Å²) >= 11 is 0. The van der Waals surface area contributed by atoms with E-state index in [0.717, 1.165) is 0 Å². The third kappa shape index (κ3) is 1.92. The second-order valence-electron chi connectivity index (χ2n) is 3.68. The SMILES string of the molecule is O=c1[nH]cc([C@H]2CC(O)[C@@H](CO)O2)c(=O)[nH]1. The molecule has 7 nitrogen and oxygen atoms in total. The number of ether oxygens (including phenoxy) is 1. The Labute approximate surface area is 89.7 Å². The van der Waals surface area contributed by atoms with Crippen LogP contribution in [0.5, 0.6) is 0 Å². The first kappa shape index (κ1) is 11.1. The van der Waals surface area contributed by atoms with Crippen molar-refractivity contribution in [2.75, 3.05) is 6.61 Å². The van der Waals surface area contributed by atoms with E-state index < -0.39 is 29.6 Å². The Morgan fingerprint density at radius 2 is 2.25 bits per heavy atom. The second-order valence-corrected chi connectivity index (χ2v) is 3.68. The molecule has 1 aromatic heterocycles. The van der Waals surface area contributed by atoms with E-state index >= 15 is 0 Å². The van der Waals surface area contributed by atoms with Crippen LogP contribution in [0.15, 0.2) is 15.8 Å². The molecular formula is C9H12N2O5. The Morgan fingerprint density at radius 3 is 2.81 bits per heavy atom. The Morgan fingerprint density at radius 1 is 1.50 bits per heavy atom. The summed E-state index contributed by atoms with van der Waals surface area (Å²) in [6.45, 7) is -0.307. The fraction of sp³-hybridized carbons (Fsp3) is 0.556. The third-order valence-corrected chi connectivity index (χ3v) is 2.60. The van der Waals surface area contributed by atoms with Crippen LogP contribution in [-0.2, 0) is 4.74 Å². The Hall–Kier alpha value is -1.44. The van der Waals surface area contributed by atoms with Gasteiger partial charge in [0, 0.05) is 12.6 Å². The van der Waals surface area contributed by atoms with Gasteiger partial charge in [-0.1, -0.05) is 0 Å². The van der Waals surface area contributed by atoms with Crippen LogP contribution >= 0.6 is 0 Å². The predicted octanol–water partition coefficient (Wildman–Crippen LogP) is -1.75. The lowest BCUT2D eigenvalue weighted by Gasteiger charge is -2.10. The molecule has 1 aliphatic heterocycles. The lowest BCUT2D eigenvalue weighted by atomic mass is 10.1. The molecule has 7 heteroatoms. The molecule has 1 fully saturated rings. The first-order valence-corrected chi connectivity index (χ1v) is 4.88. The van der Waals surface area contributed by atoms with Crippen LogP contribution < -0.4 is 11.2 Å². The highest BCUT2D eigenvalue weighted by atomic mass is 16.5. The number of hydrogen-bond acceptors (Lipinski definition) is 5. The van der Waals surface area contributed by atoms with E-state index in [1.807, 2.05) is 0 Å². The van der Waals surface area contributed by atoms with Gasteiger partial charge in [-0.15, -0.1) is 0 Å². The Balaban J connectivity index is 2.27. The van der Waals surface area contributed by atoms with Crippen molar-refractivity contribution in [2.24, 2.45) is 0 Å². The minimum absolute atomic E-state index is 0.223. The summed E-state index contributed by atoms with van der Waals surface area (Å²) in [5.74, 6) is 0. The summed E-state index contributed by atoms with van der Waals surface area (Å²) in [5.41, 5.74) is -0.889. The highest BCUT2D eigenvalue weighted by Gasteiger charge is 2.35. The van der Waals surface area contributed by atoms with Crippen LogP contribution in [0, 0.1) is 0 Å². The van der Waals surface area contributed by atoms with Crippen LogP contribution in [0.1, 0.15) is 18.1 Å². The van der Waals surface area contributed by atoms with Crippen molar-refractivity contribution in [3.63, 3.8) is 0 Å². The highest BCUT2D eigenvalue weighted by Crippen LogP contribution is 2.30. The molecule has 88 valence electrons. The van der Waals surface area contributed by atoms with Crippen LogP contribution in [0.4, 0.5) is 0 Å². The fourth-order valence-corrected chi connectivity index (χ4v) is 1.75. The number of aliphatic hydroxyl groups is 2. The van der Waals surface area contributed by atoms with Gasteiger partial charge in [0.15, 0.2) is 0 Å². The van der Waals surface area contributed by atoms with Gasteiger partial charge in [-0.2, -0.15) is 0 Å². The summed E-state index contributed by atoms with van der Waals surface area (Å²) in [6, 6.07) is 0. The molecule has 0 bridgehead atoms. The summed E-state index contributed by atoms with van der Waals surface area (Å²) in [7, 11) is 0. The number of hydrogen-bond donors (Lipinski definition) is 4. The number of rotatable bonds is 2. The molecular weight excluding hydrogens is 216 g/mol. The highest BCUT2D eigenvalue weighted by molar-refractivity contribution is 5.10. The average Bonchev–Trinajstić information content (AvgIpc) is 2.59. The number of aromatic amines is 2. The van der Waals surface area contributed by atoms with Gasteiger partial charge < -0.3 is 19.9 Å². The van der Waals surface area contributed by atoms with Crippen LogP contribution in [0.2, 0.25) is 0 Å². The molecule has 1 aliphatic rings. The Kier molecular flexibility index (Phi) is 2.90. The summed E-state index contributed by atoms with van der Waals surface area (Å²) in [6.07, 6.45) is -0.607.